The summed E-state index contributed by atoms with van der Waals surface area (Å²) in [4.78, 5) is 13.4. The van der Waals surface area contributed by atoms with Crippen LogP contribution < -0.4 is 5.32 Å². The smallest absolute Gasteiger partial charge is 0.135 e. The van der Waals surface area contributed by atoms with E-state index in [0.717, 1.165) is 30.3 Å². The van der Waals surface area contributed by atoms with Crippen molar-refractivity contribution in [2.45, 2.75) is 40.0 Å². The zero-order chi connectivity index (χ0) is 14.5. The lowest BCUT2D eigenvalue weighted by Crippen LogP contribution is -2.11. The van der Waals surface area contributed by atoms with E-state index in [1.54, 1.807) is 12.4 Å². The summed E-state index contributed by atoms with van der Waals surface area (Å²) in [5.74, 6) is 2.24. The fraction of sp³-hybridized carbons (Fsp3) is 0.438. The van der Waals surface area contributed by atoms with Crippen molar-refractivity contribution in [1.82, 2.24) is 15.0 Å². The molecule has 1 N–H and O–H groups in total. The van der Waals surface area contributed by atoms with E-state index in [-0.39, 0.29) is 0 Å². The Morgan fingerprint density at radius 2 is 1.85 bits per heavy atom. The molecule has 0 atom stereocenters. The molecular formula is C16H22N4. The van der Waals surface area contributed by atoms with Gasteiger partial charge in [0, 0.05) is 36.6 Å². The first-order valence-electron chi connectivity index (χ1n) is 7.12. The lowest BCUT2D eigenvalue weighted by molar-refractivity contribution is 0.811. The minimum absolute atomic E-state index is 0.416. The third-order valence-corrected chi connectivity index (χ3v) is 3.22. The first-order valence-corrected chi connectivity index (χ1v) is 7.12. The number of aromatic nitrogens is 3. The topological polar surface area (TPSA) is 50.7 Å². The van der Waals surface area contributed by atoms with Gasteiger partial charge in [-0.25, -0.2) is 9.97 Å². The van der Waals surface area contributed by atoms with Crippen LogP contribution in [0.3, 0.4) is 0 Å². The molecule has 0 saturated heterocycles. The minimum atomic E-state index is 0.416. The molecule has 0 spiro atoms. The van der Waals surface area contributed by atoms with E-state index in [1.807, 2.05) is 12.1 Å². The van der Waals surface area contributed by atoms with Crippen molar-refractivity contribution in [1.29, 1.82) is 0 Å². The first-order chi connectivity index (χ1) is 9.61. The number of hydrogen-bond acceptors (Lipinski definition) is 4. The van der Waals surface area contributed by atoms with E-state index >= 15 is 0 Å². The maximum Gasteiger partial charge on any atom is 0.135 e. The molecule has 106 valence electrons. The van der Waals surface area contributed by atoms with E-state index in [0.29, 0.717) is 5.92 Å². The Morgan fingerprint density at radius 1 is 1.15 bits per heavy atom. The van der Waals surface area contributed by atoms with Gasteiger partial charge in [0.2, 0.25) is 0 Å². The summed E-state index contributed by atoms with van der Waals surface area (Å²) in [6.45, 7) is 9.37. The van der Waals surface area contributed by atoms with Gasteiger partial charge in [-0.3, -0.25) is 4.98 Å². The Hall–Kier alpha value is -1.97. The van der Waals surface area contributed by atoms with Crippen LogP contribution in [0, 0.1) is 6.92 Å². The van der Waals surface area contributed by atoms with Crippen molar-refractivity contribution in [2.75, 3.05) is 11.9 Å². The van der Waals surface area contributed by atoms with E-state index in [9.17, 15) is 0 Å². The second-order valence-electron chi connectivity index (χ2n) is 5.20. The number of aryl methyl sites for hydroxylation is 1. The van der Waals surface area contributed by atoms with Gasteiger partial charge in [0.15, 0.2) is 0 Å². The molecule has 0 fully saturated rings. The van der Waals surface area contributed by atoms with E-state index in [4.69, 9.17) is 4.98 Å². The number of pyridine rings is 1. The van der Waals surface area contributed by atoms with Crippen LogP contribution in [0.1, 0.15) is 49.3 Å². The summed E-state index contributed by atoms with van der Waals surface area (Å²) in [7, 11) is 0. The molecule has 4 nitrogen and oxygen atoms in total. The molecule has 0 aliphatic heterocycles. The molecule has 0 amide bonds. The summed E-state index contributed by atoms with van der Waals surface area (Å²) in [6, 6.07) is 4.00. The van der Waals surface area contributed by atoms with Crippen molar-refractivity contribution in [3.8, 4) is 0 Å². The summed E-state index contributed by atoms with van der Waals surface area (Å²) in [5, 5.41) is 3.36. The Morgan fingerprint density at radius 3 is 2.45 bits per heavy atom. The highest BCUT2D eigenvalue weighted by Gasteiger charge is 2.14. The van der Waals surface area contributed by atoms with Crippen LogP contribution in [-0.4, -0.2) is 21.5 Å². The van der Waals surface area contributed by atoms with Crippen molar-refractivity contribution >= 4 is 5.82 Å². The average Bonchev–Trinajstić information content (AvgIpc) is 2.39. The Bertz CT molecular complexity index is 564. The van der Waals surface area contributed by atoms with Crippen LogP contribution in [-0.2, 0) is 6.42 Å². The molecule has 2 rings (SSSR count). The molecule has 0 aromatic carbocycles. The molecular weight excluding hydrogens is 248 g/mol. The first kappa shape index (κ1) is 14.4. The number of rotatable bonds is 5. The number of hydrogen-bond donors (Lipinski definition) is 1. The SMILES string of the molecule is CCNc1nc(Cc2ccncc2)nc(C)c1C(C)C. The molecule has 0 aliphatic rings. The van der Waals surface area contributed by atoms with Gasteiger partial charge in [-0.15, -0.1) is 0 Å². The maximum absolute atomic E-state index is 4.70. The highest BCUT2D eigenvalue weighted by molar-refractivity contribution is 5.48. The van der Waals surface area contributed by atoms with Gasteiger partial charge in [-0.2, -0.15) is 0 Å². The third-order valence-electron chi connectivity index (χ3n) is 3.22. The zero-order valence-corrected chi connectivity index (χ0v) is 12.6. The predicted molar refractivity (Wildman–Crippen MR) is 82.1 cm³/mol. The van der Waals surface area contributed by atoms with Crippen molar-refractivity contribution < 1.29 is 0 Å². The second kappa shape index (κ2) is 6.46. The van der Waals surface area contributed by atoms with Crippen molar-refractivity contribution in [2.24, 2.45) is 0 Å². The third kappa shape index (κ3) is 3.32. The lowest BCUT2D eigenvalue weighted by Gasteiger charge is -2.16. The van der Waals surface area contributed by atoms with Crippen LogP contribution >= 0.6 is 0 Å². The van der Waals surface area contributed by atoms with Gasteiger partial charge in [-0.1, -0.05) is 13.8 Å². The van der Waals surface area contributed by atoms with Crippen molar-refractivity contribution in [3.63, 3.8) is 0 Å². The largest absolute Gasteiger partial charge is 0.370 e. The normalized spacial score (nSPS) is 10.8. The van der Waals surface area contributed by atoms with Gasteiger partial charge in [0.25, 0.3) is 0 Å². The monoisotopic (exact) mass is 270 g/mol. The quantitative estimate of drug-likeness (QED) is 0.905. The lowest BCUT2D eigenvalue weighted by atomic mass is 10.0. The van der Waals surface area contributed by atoms with Gasteiger partial charge in [0.1, 0.15) is 11.6 Å². The van der Waals surface area contributed by atoms with Gasteiger partial charge < -0.3 is 5.32 Å². The zero-order valence-electron chi connectivity index (χ0n) is 12.6. The Balaban J connectivity index is 2.36. The molecule has 20 heavy (non-hydrogen) atoms. The number of nitrogens with one attached hydrogen (secondary N) is 1. The number of anilines is 1. The van der Waals surface area contributed by atoms with Crippen LogP contribution in [0.4, 0.5) is 5.82 Å². The highest BCUT2D eigenvalue weighted by atomic mass is 15.0. The molecule has 2 heterocycles. The molecule has 0 unspecified atom stereocenters. The summed E-state index contributed by atoms with van der Waals surface area (Å²) < 4.78 is 0. The molecule has 0 aliphatic carbocycles. The van der Waals surface area contributed by atoms with Crippen molar-refractivity contribution in [3.05, 3.63) is 47.2 Å². The number of nitrogens with zero attached hydrogens (tertiary/aromatic N) is 3. The molecule has 0 saturated carbocycles. The van der Waals surface area contributed by atoms with Gasteiger partial charge >= 0.3 is 0 Å². The molecule has 2 aromatic heterocycles. The summed E-state index contributed by atoms with van der Waals surface area (Å²) in [6.07, 6.45) is 4.34. The average molecular weight is 270 g/mol. The van der Waals surface area contributed by atoms with Crippen LogP contribution in [0.15, 0.2) is 24.5 Å². The van der Waals surface area contributed by atoms with Crippen LogP contribution in [0.2, 0.25) is 0 Å². The van der Waals surface area contributed by atoms with Crippen LogP contribution in [0.25, 0.3) is 0 Å². The maximum atomic E-state index is 4.70. The summed E-state index contributed by atoms with van der Waals surface area (Å²) in [5.41, 5.74) is 3.46. The van der Waals surface area contributed by atoms with E-state index in [1.165, 1.54) is 11.1 Å². The van der Waals surface area contributed by atoms with E-state index < -0.39 is 0 Å². The molecule has 0 bridgehead atoms. The molecule has 4 heteroatoms. The van der Waals surface area contributed by atoms with Gasteiger partial charge in [0.05, 0.1) is 0 Å². The molecule has 0 radical (unpaired) electrons. The van der Waals surface area contributed by atoms with Crippen LogP contribution in [0.5, 0.6) is 0 Å². The predicted octanol–water partition coefficient (Wildman–Crippen LogP) is 3.33. The minimum Gasteiger partial charge on any atom is -0.370 e. The highest BCUT2D eigenvalue weighted by Crippen LogP contribution is 2.25. The van der Waals surface area contributed by atoms with Gasteiger partial charge in [-0.05, 0) is 37.5 Å². The standard InChI is InChI=1S/C16H22N4/c1-5-18-16-15(11(2)3)12(4)19-14(20-16)10-13-6-8-17-9-7-13/h6-9,11H,5,10H2,1-4H3,(H,18,19,20). The fourth-order valence-electron chi connectivity index (χ4n) is 2.40. The Labute approximate surface area is 120 Å². The fourth-order valence-corrected chi connectivity index (χ4v) is 2.40. The second-order valence-corrected chi connectivity index (χ2v) is 5.20. The Kier molecular flexibility index (Phi) is 4.66. The van der Waals surface area contributed by atoms with E-state index in [2.05, 4.69) is 43.0 Å². The molecule has 2 aromatic rings. The summed E-state index contributed by atoms with van der Waals surface area (Å²) >= 11 is 0.